The van der Waals surface area contributed by atoms with Gasteiger partial charge in [0.1, 0.15) is 46.3 Å². The fourth-order valence-corrected chi connectivity index (χ4v) is 31.0. The van der Waals surface area contributed by atoms with Gasteiger partial charge >= 0.3 is 0 Å². The molecule has 11 fully saturated rings. The van der Waals surface area contributed by atoms with E-state index >= 15 is 9.59 Å². The summed E-state index contributed by atoms with van der Waals surface area (Å²) in [6, 6.07) is 20.4. The van der Waals surface area contributed by atoms with Crippen LogP contribution in [0.15, 0.2) is 113 Å². The van der Waals surface area contributed by atoms with Crippen molar-refractivity contribution in [1.82, 2.24) is 10.6 Å². The number of aromatic hydroxyl groups is 1. The molecule has 526 valence electrons. The van der Waals surface area contributed by atoms with Gasteiger partial charge in [0.05, 0.1) is 42.0 Å². The van der Waals surface area contributed by atoms with E-state index in [1.165, 1.54) is 71.1 Å². The molecule has 99 heavy (non-hydrogen) atoms. The number of aliphatic hydroxyl groups excluding tert-OH is 5. The lowest BCUT2D eigenvalue weighted by atomic mass is 9.42. The lowest BCUT2D eigenvalue weighted by Crippen LogP contribution is -2.88. The normalized spacial score (nSPS) is 45.5. The zero-order valence-electron chi connectivity index (χ0n) is 56.9. The van der Waals surface area contributed by atoms with Crippen molar-refractivity contribution in [3.8, 4) is 11.5 Å². The molecular weight excluding hydrogens is 1290 g/mol. The SMILES string of the molecule is O=C[C@@H]1C[C@@]2(CC[C@]3(C[C@H](Cc4cccc(O)c4)CC34CCCC4)C2)C[C@]12C[C@H]1C[C@H]3C[C@@H]4[C@@H]5CC[C@@]67Oc8cccc9c8C(=O)[C@@]8%10C(O)=CC(Cc%11cccc(CO)c%11)=C(CC[C@@H]%11CCCC[C@]%11(O)CC[C@H]8SSCNC8=CC(=C3CN8)[C@@]1(C2)[C@H]4[C@](O)([C@H](O)[C@@]5(CO)O6)[C@H]7O)[C@@H]%10C9=O. The van der Waals surface area contributed by atoms with Gasteiger partial charge in [-0.3, -0.25) is 9.59 Å². The molecule has 0 amide bonds. The average molecular weight is 1380 g/mol. The van der Waals surface area contributed by atoms with Crippen LogP contribution in [-0.4, -0.2) is 118 Å². The monoisotopic (exact) mass is 1380 g/mol. The number of carbonyl (C=O) groups excluding carboxylic acids is 3. The number of aliphatic hydroxyl groups is 7. The predicted molar refractivity (Wildman–Crippen MR) is 374 cm³/mol. The summed E-state index contributed by atoms with van der Waals surface area (Å²) >= 11 is 0. The Bertz CT molecular complexity index is 4050. The number of hydrogen-bond donors (Lipinski definition) is 10. The van der Waals surface area contributed by atoms with Crippen LogP contribution < -0.4 is 15.4 Å². The van der Waals surface area contributed by atoms with Gasteiger partial charge in [-0.25, -0.2) is 0 Å². The van der Waals surface area contributed by atoms with Crippen molar-refractivity contribution in [3.05, 3.63) is 141 Å². The first-order chi connectivity index (χ1) is 47.8. The molecule has 20 rings (SSSR count). The highest BCUT2D eigenvalue weighted by molar-refractivity contribution is 8.76. The average Bonchev–Trinajstić information content (AvgIpc) is 1.51. The Balaban J connectivity index is 0.752. The van der Waals surface area contributed by atoms with E-state index in [4.69, 9.17) is 9.47 Å². The van der Waals surface area contributed by atoms with Crippen LogP contribution >= 0.6 is 21.6 Å². The third-order valence-electron chi connectivity index (χ3n) is 31.4. The molecule has 3 aromatic rings. The number of carbonyl (C=O) groups is 3. The maximum Gasteiger partial charge on any atom is 0.240 e. The molecular formula is C82H98N2O13S2. The van der Waals surface area contributed by atoms with Gasteiger partial charge in [0.25, 0.3) is 0 Å². The summed E-state index contributed by atoms with van der Waals surface area (Å²) in [4.78, 5) is 48.3. The Morgan fingerprint density at radius 2 is 1.54 bits per heavy atom. The third kappa shape index (κ3) is 8.74. The third-order valence-corrected chi connectivity index (χ3v) is 34.1. The van der Waals surface area contributed by atoms with Gasteiger partial charge in [0, 0.05) is 41.0 Å². The lowest BCUT2D eigenvalue weighted by molar-refractivity contribution is -0.461. The highest BCUT2D eigenvalue weighted by Crippen LogP contribution is 2.83. The van der Waals surface area contributed by atoms with E-state index in [2.05, 4.69) is 22.8 Å². The zero-order valence-corrected chi connectivity index (χ0v) is 58.5. The Labute approximate surface area is 588 Å². The van der Waals surface area contributed by atoms with E-state index in [0.717, 1.165) is 111 Å². The fourth-order valence-electron chi connectivity index (χ4n) is 28.2. The van der Waals surface area contributed by atoms with Crippen LogP contribution in [0, 0.1) is 85.8 Å². The standard InChI is InChI=1S/C82H98N2O13S2/c85-39-48-10-5-8-46(26-48)28-50-32-63(89)81-64-18-22-77(94)21-2-1-11-52(77)15-16-56(50)67(81)68(90)57-13-7-14-62(66(57)70(81)91)96-80-23-17-60-58-31-51-30-53-37-74(41-73(36-54(74)40-86)24-25-76(42-73)35-49(34-75(76)19-3-4-20-75)27-47-9-6-12-55(88)29-47)43-78(53,61-33-65(83-38-59(51)61)84-45-98-99-64)69(58)82(95,72(80)93)71(92)79(60,44-87)97-80/h5-10,12-14,26,29,32-33,40,49,51-54,58,60,64,67,69,71-72,83-85,87-89,92-95H,1-4,11,15-25,27-28,30-31,34-39,41-45H2/t49-,51+,52+,53-,54+,58-,60+,64-,67-,69+,71-,72+,73+,74+,76+,77+,78+,79+,80-,81+,82+/m1/s1. The summed E-state index contributed by atoms with van der Waals surface area (Å²) in [5.74, 6) is -4.52. The van der Waals surface area contributed by atoms with Gasteiger partial charge in [-0.2, -0.15) is 0 Å². The number of hydrogen-bond acceptors (Lipinski definition) is 17. The second kappa shape index (κ2) is 22.5. The highest BCUT2D eigenvalue weighted by Gasteiger charge is 2.85. The zero-order chi connectivity index (χ0) is 67.7. The van der Waals surface area contributed by atoms with Gasteiger partial charge in [0.2, 0.25) is 5.79 Å². The number of nitrogens with one attached hydrogen (secondary N) is 2. The molecule has 4 heterocycles. The van der Waals surface area contributed by atoms with Gasteiger partial charge in [-0.1, -0.05) is 101 Å². The van der Waals surface area contributed by atoms with Gasteiger partial charge in [0.15, 0.2) is 17.7 Å². The second-order valence-electron chi connectivity index (χ2n) is 35.4. The van der Waals surface area contributed by atoms with Crippen molar-refractivity contribution in [2.24, 2.45) is 85.8 Å². The van der Waals surface area contributed by atoms with E-state index < -0.39 is 86.4 Å². The van der Waals surface area contributed by atoms with Crippen molar-refractivity contribution < 1.29 is 64.7 Å². The molecule has 10 N–H and O–H groups in total. The summed E-state index contributed by atoms with van der Waals surface area (Å²) < 4.78 is 14.7. The summed E-state index contributed by atoms with van der Waals surface area (Å²) in [5.41, 5.74) is -1.47. The number of allylic oxidation sites excluding steroid dienone is 6. The number of ketones is 2. The van der Waals surface area contributed by atoms with Crippen molar-refractivity contribution in [3.63, 3.8) is 0 Å². The van der Waals surface area contributed by atoms with Gasteiger partial charge in [-0.15, -0.1) is 0 Å². The predicted octanol–water partition coefficient (Wildman–Crippen LogP) is 12.1. The number of benzene rings is 3. The Kier molecular flexibility index (Phi) is 14.8. The lowest BCUT2D eigenvalue weighted by Gasteiger charge is -2.72. The van der Waals surface area contributed by atoms with Crippen molar-refractivity contribution in [2.75, 3.05) is 19.0 Å². The molecule has 13 aliphatic carbocycles. The van der Waals surface area contributed by atoms with Crippen LogP contribution in [0.2, 0.25) is 0 Å². The van der Waals surface area contributed by atoms with E-state index in [1.807, 2.05) is 36.4 Å². The van der Waals surface area contributed by atoms with Gasteiger partial charge < -0.3 is 65.8 Å². The van der Waals surface area contributed by atoms with Gasteiger partial charge in [-0.05, 0) is 262 Å². The number of fused-ring (bicyclic) bond motifs is 2. The van der Waals surface area contributed by atoms with Crippen LogP contribution in [0.5, 0.6) is 11.5 Å². The van der Waals surface area contributed by atoms with Crippen LogP contribution in [0.3, 0.4) is 0 Å². The van der Waals surface area contributed by atoms with Crippen LogP contribution in [-0.2, 0) is 29.0 Å². The number of phenolic OH excluding ortho intramolecular Hbond substituents is 1. The van der Waals surface area contributed by atoms with Crippen LogP contribution in [0.25, 0.3) is 0 Å². The molecule has 0 aromatic heterocycles. The summed E-state index contributed by atoms with van der Waals surface area (Å²) in [5, 5.41) is 109. The molecule has 17 aliphatic rings. The first-order valence-corrected chi connectivity index (χ1v) is 40.4. The minimum atomic E-state index is -2.39. The quantitative estimate of drug-likeness (QED) is 0.0779. The fraction of sp³-hybridized carbons (Fsp3) is 0.646. The minimum Gasteiger partial charge on any atom is -0.511 e. The molecule has 15 nitrogen and oxygen atoms in total. The number of rotatable bonds is 7. The molecule has 11 bridgehead atoms. The molecule has 17 heteroatoms. The summed E-state index contributed by atoms with van der Waals surface area (Å²) in [6.07, 6.45) is 23.3. The molecule has 9 saturated carbocycles. The number of phenols is 1. The minimum absolute atomic E-state index is 0.0213. The topological polar surface area (TPSA) is 256 Å². The number of Topliss-reactive ketones (excluding diaryl/α,β-unsaturated/α-hetero) is 2. The largest absolute Gasteiger partial charge is 0.511 e. The first-order valence-electron chi connectivity index (χ1n) is 38.1. The van der Waals surface area contributed by atoms with E-state index in [-0.39, 0.29) is 93.7 Å². The maximum absolute atomic E-state index is 17.2. The number of dihydropyridines is 1. The van der Waals surface area contributed by atoms with Crippen molar-refractivity contribution >= 4 is 39.4 Å². The Hall–Kier alpha value is -4.95. The summed E-state index contributed by atoms with van der Waals surface area (Å²) in [7, 11) is 2.99. The van der Waals surface area contributed by atoms with E-state index in [9.17, 15) is 45.6 Å². The molecule has 7 spiro atoms. The number of ether oxygens (including phenoxy) is 2. The Morgan fingerprint density at radius 1 is 0.727 bits per heavy atom. The second-order valence-corrected chi connectivity index (χ2v) is 38.0. The van der Waals surface area contributed by atoms with E-state index in [0.29, 0.717) is 75.5 Å². The van der Waals surface area contributed by atoms with E-state index in [1.54, 1.807) is 30.3 Å². The smallest absolute Gasteiger partial charge is 0.240 e. The van der Waals surface area contributed by atoms with Crippen LogP contribution in [0.1, 0.15) is 198 Å². The molecule has 21 atom stereocenters. The molecule has 0 radical (unpaired) electrons. The van der Waals surface area contributed by atoms with Crippen molar-refractivity contribution in [1.29, 1.82) is 0 Å². The number of aldehydes is 1. The highest BCUT2D eigenvalue weighted by atomic mass is 33.1. The van der Waals surface area contributed by atoms with Crippen LogP contribution in [0.4, 0.5) is 0 Å². The first kappa shape index (κ1) is 64.9. The molecule has 2 saturated heterocycles. The molecule has 3 aromatic carbocycles. The van der Waals surface area contributed by atoms with Crippen molar-refractivity contribution in [2.45, 2.75) is 220 Å². The molecule has 0 unspecified atom stereocenters. The Morgan fingerprint density at radius 3 is 2.36 bits per heavy atom. The molecule has 4 aliphatic heterocycles. The maximum atomic E-state index is 17.2. The summed E-state index contributed by atoms with van der Waals surface area (Å²) in [6.45, 7) is -0.327.